The number of nitrogen functional groups attached to an aromatic ring is 1. The van der Waals surface area contributed by atoms with Crippen LogP contribution in [0.3, 0.4) is 0 Å². The molecular formula is C23H32N6O4. The van der Waals surface area contributed by atoms with Crippen LogP contribution in [0.5, 0.6) is 0 Å². The zero-order valence-corrected chi connectivity index (χ0v) is 18.8. The van der Waals surface area contributed by atoms with Crippen LogP contribution in [-0.2, 0) is 18.4 Å². The summed E-state index contributed by atoms with van der Waals surface area (Å²) in [5.41, 5.74) is 7.04. The number of amides is 1. The summed E-state index contributed by atoms with van der Waals surface area (Å²) in [6, 6.07) is 5.98. The van der Waals surface area contributed by atoms with Crippen LogP contribution in [0, 0.1) is 11.3 Å². The number of rotatable bonds is 10. The minimum atomic E-state index is -1.03. The van der Waals surface area contributed by atoms with E-state index in [1.54, 1.807) is 35.9 Å². The van der Waals surface area contributed by atoms with Crippen molar-refractivity contribution in [2.24, 2.45) is 18.7 Å². The Kier molecular flexibility index (Phi) is 8.05. The quantitative estimate of drug-likeness (QED) is 0.271. The second-order valence-corrected chi connectivity index (χ2v) is 8.53. The van der Waals surface area contributed by atoms with E-state index >= 15 is 0 Å². The highest BCUT2D eigenvalue weighted by Crippen LogP contribution is 2.28. The van der Waals surface area contributed by atoms with Gasteiger partial charge in [0.1, 0.15) is 11.5 Å². The van der Waals surface area contributed by atoms with Gasteiger partial charge in [-0.25, -0.2) is 0 Å². The average Bonchev–Trinajstić information content (AvgIpc) is 3.42. The fraction of sp³-hybridized carbons (Fsp3) is 0.478. The molecule has 0 bridgehead atoms. The number of aromatic nitrogens is 2. The zero-order chi connectivity index (χ0) is 24.0. The summed E-state index contributed by atoms with van der Waals surface area (Å²) in [6.07, 6.45) is 7.55. The topological polar surface area (TPSA) is 155 Å². The van der Waals surface area contributed by atoms with E-state index in [0.717, 1.165) is 31.4 Å². The maximum atomic E-state index is 13.3. The van der Waals surface area contributed by atoms with Gasteiger partial charge in [0.05, 0.1) is 24.8 Å². The number of nitrogens with two attached hydrogens (primary N) is 1. The SMILES string of the molecule is Cn1c(CNC(=O)c2cccn2C(=O)C(CC2CCCCC2)NCC(=O)O)ccc1C(=N)N. The highest BCUT2D eigenvalue weighted by Gasteiger charge is 2.27. The monoisotopic (exact) mass is 456 g/mol. The normalized spacial score (nSPS) is 15.2. The summed E-state index contributed by atoms with van der Waals surface area (Å²) in [4.78, 5) is 37.3. The molecule has 10 heteroatoms. The van der Waals surface area contributed by atoms with Crippen LogP contribution in [-0.4, -0.2) is 50.4 Å². The van der Waals surface area contributed by atoms with Crippen molar-refractivity contribution in [3.05, 3.63) is 47.5 Å². The van der Waals surface area contributed by atoms with Gasteiger partial charge < -0.3 is 20.7 Å². The fourth-order valence-electron chi connectivity index (χ4n) is 4.43. The molecule has 1 unspecified atom stereocenters. The summed E-state index contributed by atoms with van der Waals surface area (Å²) < 4.78 is 3.02. The van der Waals surface area contributed by atoms with Crippen LogP contribution in [0.15, 0.2) is 30.5 Å². The van der Waals surface area contributed by atoms with Crippen molar-refractivity contribution in [3.63, 3.8) is 0 Å². The summed E-state index contributed by atoms with van der Waals surface area (Å²) in [5, 5.41) is 22.3. The van der Waals surface area contributed by atoms with Gasteiger partial charge in [0, 0.05) is 18.9 Å². The molecule has 0 aromatic carbocycles. The van der Waals surface area contributed by atoms with Crippen LogP contribution in [0.4, 0.5) is 0 Å². The van der Waals surface area contributed by atoms with Gasteiger partial charge in [-0.05, 0) is 36.6 Å². The van der Waals surface area contributed by atoms with E-state index in [9.17, 15) is 14.4 Å². The van der Waals surface area contributed by atoms with Gasteiger partial charge in [0.15, 0.2) is 0 Å². The number of nitrogens with one attached hydrogen (secondary N) is 3. The van der Waals surface area contributed by atoms with Gasteiger partial charge in [0.25, 0.3) is 5.91 Å². The first kappa shape index (κ1) is 24.2. The van der Waals surface area contributed by atoms with Crippen molar-refractivity contribution in [1.82, 2.24) is 19.8 Å². The van der Waals surface area contributed by atoms with Gasteiger partial charge in [-0.15, -0.1) is 0 Å². The maximum Gasteiger partial charge on any atom is 0.317 e. The van der Waals surface area contributed by atoms with Crippen LogP contribution >= 0.6 is 0 Å². The molecule has 2 aromatic heterocycles. The highest BCUT2D eigenvalue weighted by atomic mass is 16.4. The van der Waals surface area contributed by atoms with Crippen LogP contribution in [0.2, 0.25) is 0 Å². The first-order valence-electron chi connectivity index (χ1n) is 11.2. The van der Waals surface area contributed by atoms with E-state index in [-0.39, 0.29) is 30.5 Å². The lowest BCUT2D eigenvalue weighted by Crippen LogP contribution is -2.44. The molecule has 1 atom stereocenters. The first-order chi connectivity index (χ1) is 15.8. The van der Waals surface area contributed by atoms with Crippen LogP contribution in [0.25, 0.3) is 0 Å². The molecule has 10 nitrogen and oxygen atoms in total. The Morgan fingerprint density at radius 3 is 2.55 bits per heavy atom. The molecule has 0 spiro atoms. The van der Waals surface area contributed by atoms with Crippen molar-refractivity contribution in [3.8, 4) is 0 Å². The predicted octanol–water partition coefficient (Wildman–Crippen LogP) is 1.69. The molecule has 2 heterocycles. The third kappa shape index (κ3) is 6.10. The van der Waals surface area contributed by atoms with Gasteiger partial charge in [-0.2, -0.15) is 0 Å². The molecule has 1 amide bonds. The number of carboxylic acid groups (broad SMARTS) is 1. The summed E-state index contributed by atoms with van der Waals surface area (Å²) >= 11 is 0. The summed E-state index contributed by atoms with van der Waals surface area (Å²) in [5.74, 6) is -1.50. The van der Waals surface area contributed by atoms with E-state index in [1.165, 1.54) is 17.2 Å². The molecule has 1 aliphatic carbocycles. The third-order valence-electron chi connectivity index (χ3n) is 6.24. The minimum absolute atomic E-state index is 0.0626. The number of nitrogens with zero attached hydrogens (tertiary/aromatic N) is 2. The Hall–Kier alpha value is -3.40. The summed E-state index contributed by atoms with van der Waals surface area (Å²) in [7, 11) is 1.76. The number of hydrogen-bond donors (Lipinski definition) is 5. The van der Waals surface area contributed by atoms with Crippen molar-refractivity contribution in [1.29, 1.82) is 5.41 Å². The van der Waals surface area contributed by atoms with E-state index in [0.29, 0.717) is 18.0 Å². The van der Waals surface area contributed by atoms with E-state index in [2.05, 4.69) is 10.6 Å². The van der Waals surface area contributed by atoms with E-state index < -0.39 is 17.9 Å². The van der Waals surface area contributed by atoms with Crippen LogP contribution < -0.4 is 16.4 Å². The number of carbonyl (C=O) groups excluding carboxylic acids is 2. The number of hydrogen-bond acceptors (Lipinski definition) is 5. The van der Waals surface area contributed by atoms with E-state index in [4.69, 9.17) is 16.2 Å². The lowest BCUT2D eigenvalue weighted by molar-refractivity contribution is -0.136. The predicted molar refractivity (Wildman–Crippen MR) is 123 cm³/mol. The molecule has 3 rings (SSSR count). The Labute approximate surface area is 192 Å². The Morgan fingerprint density at radius 2 is 1.91 bits per heavy atom. The van der Waals surface area contributed by atoms with Gasteiger partial charge in [-0.3, -0.25) is 29.7 Å². The fourth-order valence-corrected chi connectivity index (χ4v) is 4.43. The van der Waals surface area contributed by atoms with Crippen LogP contribution in [0.1, 0.15) is 65.2 Å². The van der Waals surface area contributed by atoms with Crippen molar-refractivity contribution in [2.45, 2.75) is 51.1 Å². The standard InChI is InChI=1S/C23H32N6O4/c1-28-16(9-10-18(28)21(24)25)13-27-22(32)19-8-5-11-29(19)23(33)17(26-14-20(30)31)12-15-6-3-2-4-7-15/h5,8-11,15,17,26H,2-4,6-7,12-14H2,1H3,(H3,24,25)(H,27,32)(H,30,31). The highest BCUT2D eigenvalue weighted by molar-refractivity contribution is 5.98. The smallest absolute Gasteiger partial charge is 0.317 e. The minimum Gasteiger partial charge on any atom is -0.480 e. The van der Waals surface area contributed by atoms with Gasteiger partial charge in [0.2, 0.25) is 5.91 Å². The number of carbonyl (C=O) groups is 3. The third-order valence-corrected chi connectivity index (χ3v) is 6.24. The van der Waals surface area contributed by atoms with Crippen molar-refractivity contribution >= 4 is 23.6 Å². The Morgan fingerprint density at radius 1 is 1.18 bits per heavy atom. The Bertz CT molecular complexity index is 1020. The maximum absolute atomic E-state index is 13.3. The molecular weight excluding hydrogens is 424 g/mol. The molecule has 1 fully saturated rings. The average molecular weight is 457 g/mol. The second-order valence-electron chi connectivity index (χ2n) is 8.53. The lowest BCUT2D eigenvalue weighted by Gasteiger charge is -2.26. The largest absolute Gasteiger partial charge is 0.480 e. The second kappa shape index (κ2) is 11.0. The number of carboxylic acids is 1. The van der Waals surface area contributed by atoms with Crippen molar-refractivity contribution < 1.29 is 19.5 Å². The molecule has 0 saturated heterocycles. The van der Waals surface area contributed by atoms with Crippen molar-refractivity contribution in [2.75, 3.05) is 6.54 Å². The van der Waals surface area contributed by atoms with Gasteiger partial charge in [-0.1, -0.05) is 32.1 Å². The number of amidine groups is 1. The summed E-state index contributed by atoms with van der Waals surface area (Å²) in [6.45, 7) is -0.122. The Balaban J connectivity index is 1.71. The van der Waals surface area contributed by atoms with E-state index in [1.807, 2.05) is 0 Å². The lowest BCUT2D eigenvalue weighted by atomic mass is 9.84. The molecule has 1 saturated carbocycles. The molecule has 0 aliphatic heterocycles. The molecule has 33 heavy (non-hydrogen) atoms. The molecule has 6 N–H and O–H groups in total. The molecule has 2 aromatic rings. The first-order valence-corrected chi connectivity index (χ1v) is 11.2. The zero-order valence-electron chi connectivity index (χ0n) is 18.8. The molecule has 1 aliphatic rings. The van der Waals surface area contributed by atoms with Gasteiger partial charge >= 0.3 is 5.97 Å². The number of aliphatic carboxylic acids is 1. The molecule has 178 valence electrons. The molecule has 0 radical (unpaired) electrons.